The van der Waals surface area contributed by atoms with Crippen LogP contribution in [-0.4, -0.2) is 9.79 Å². The second kappa shape index (κ2) is 4.97. The Labute approximate surface area is 119 Å². The number of rotatable bonds is 2. The van der Waals surface area contributed by atoms with Crippen molar-refractivity contribution in [2.45, 2.75) is 0 Å². The molecule has 0 aliphatic carbocycles. The summed E-state index contributed by atoms with van der Waals surface area (Å²) in [5, 5.41) is -0.456. The van der Waals surface area contributed by atoms with Gasteiger partial charge in [-0.2, -0.15) is 0 Å². The predicted molar refractivity (Wildman–Crippen MR) is 79.6 cm³/mol. The fourth-order valence-electron chi connectivity index (χ4n) is 2.18. The minimum absolute atomic E-state index is 0.0902. The van der Waals surface area contributed by atoms with E-state index in [4.69, 9.17) is 4.42 Å². The first-order chi connectivity index (χ1) is 9.98. The molecule has 2 aromatic carbocycles. The van der Waals surface area contributed by atoms with E-state index in [9.17, 15) is 19.1 Å². The highest BCUT2D eigenvalue weighted by Gasteiger charge is 2.29. The summed E-state index contributed by atoms with van der Waals surface area (Å²) in [5.74, 6) is -0.0902. The maximum absolute atomic E-state index is 12.4. The van der Waals surface area contributed by atoms with Crippen molar-refractivity contribution in [1.29, 1.82) is 0 Å². The van der Waals surface area contributed by atoms with Crippen molar-refractivity contribution >= 4 is 23.9 Å². The van der Waals surface area contributed by atoms with Gasteiger partial charge in [0.15, 0.2) is 11.1 Å². The second-order valence-electron chi connectivity index (χ2n) is 4.52. The number of hydrogen-bond donors (Lipinski definition) is 2. The van der Waals surface area contributed by atoms with Crippen molar-refractivity contribution in [1.82, 2.24) is 0 Å². The molecule has 0 saturated carbocycles. The lowest BCUT2D eigenvalue weighted by molar-refractivity contribution is 0.386. The molecule has 0 saturated heterocycles. The molecule has 3 aromatic rings. The molecular weight excluding hydrogens is 291 g/mol. The van der Waals surface area contributed by atoms with E-state index < -0.39 is 18.3 Å². The van der Waals surface area contributed by atoms with Crippen molar-refractivity contribution in [3.05, 3.63) is 64.8 Å². The van der Waals surface area contributed by atoms with Crippen LogP contribution >= 0.6 is 7.60 Å². The van der Waals surface area contributed by atoms with Gasteiger partial charge in [0.2, 0.25) is 5.43 Å². The first kappa shape index (κ1) is 13.8. The molecule has 5 nitrogen and oxygen atoms in total. The van der Waals surface area contributed by atoms with Crippen LogP contribution in [-0.2, 0) is 4.57 Å². The fourth-order valence-corrected chi connectivity index (χ4v) is 3.01. The quantitative estimate of drug-likeness (QED) is 0.709. The number of fused-ring (bicyclic) bond motifs is 1. The highest BCUT2D eigenvalue weighted by Crippen LogP contribution is 2.37. The van der Waals surface area contributed by atoms with Gasteiger partial charge in [-0.3, -0.25) is 9.36 Å². The number of benzene rings is 2. The Morgan fingerprint density at radius 3 is 2.19 bits per heavy atom. The average molecular weight is 302 g/mol. The molecule has 2 N–H and O–H groups in total. The van der Waals surface area contributed by atoms with Crippen molar-refractivity contribution in [3.63, 3.8) is 0 Å². The van der Waals surface area contributed by atoms with Crippen LogP contribution in [0.5, 0.6) is 0 Å². The molecule has 0 aliphatic rings. The van der Waals surface area contributed by atoms with E-state index in [1.807, 2.05) is 0 Å². The van der Waals surface area contributed by atoms with Crippen LogP contribution in [0.3, 0.4) is 0 Å². The molecule has 0 unspecified atom stereocenters. The Kier molecular flexibility index (Phi) is 3.26. The Morgan fingerprint density at radius 2 is 1.52 bits per heavy atom. The lowest BCUT2D eigenvalue weighted by atomic mass is 10.1. The zero-order valence-corrected chi connectivity index (χ0v) is 11.7. The summed E-state index contributed by atoms with van der Waals surface area (Å²) in [4.78, 5) is 31.5. The number of hydrogen-bond acceptors (Lipinski definition) is 3. The van der Waals surface area contributed by atoms with Crippen LogP contribution in [0.2, 0.25) is 0 Å². The standard InChI is InChI=1S/C15H11O5P/c16-13-11-8-4-5-9-12(11)20-14(15(13)21(17,18)19)10-6-2-1-3-7-10/h1-9H,(H2,17,18,19). The van der Waals surface area contributed by atoms with Gasteiger partial charge >= 0.3 is 7.60 Å². The van der Waals surface area contributed by atoms with Crippen molar-refractivity contribution in [3.8, 4) is 11.3 Å². The van der Waals surface area contributed by atoms with E-state index in [2.05, 4.69) is 0 Å². The monoisotopic (exact) mass is 302 g/mol. The third kappa shape index (κ3) is 2.43. The van der Waals surface area contributed by atoms with E-state index in [1.165, 1.54) is 6.07 Å². The Balaban J connectivity index is 2.49. The molecule has 0 bridgehead atoms. The molecule has 106 valence electrons. The van der Waals surface area contributed by atoms with Gasteiger partial charge < -0.3 is 14.2 Å². The smallest absolute Gasteiger partial charge is 0.364 e. The van der Waals surface area contributed by atoms with Crippen LogP contribution in [0.1, 0.15) is 0 Å². The summed E-state index contributed by atoms with van der Waals surface area (Å²) in [6.45, 7) is 0. The average Bonchev–Trinajstić information content (AvgIpc) is 2.46. The minimum Gasteiger partial charge on any atom is -0.455 e. The summed E-state index contributed by atoms with van der Waals surface area (Å²) in [5.41, 5.74) is 0.0290. The second-order valence-corrected chi connectivity index (χ2v) is 6.05. The van der Waals surface area contributed by atoms with Gasteiger partial charge in [-0.15, -0.1) is 0 Å². The van der Waals surface area contributed by atoms with Gasteiger partial charge in [-0.25, -0.2) is 0 Å². The summed E-state index contributed by atoms with van der Waals surface area (Å²) < 4.78 is 17.3. The normalized spacial score (nSPS) is 11.7. The molecule has 0 amide bonds. The zero-order chi connectivity index (χ0) is 15.0. The van der Waals surface area contributed by atoms with Gasteiger partial charge in [-0.05, 0) is 12.1 Å². The van der Waals surface area contributed by atoms with Crippen LogP contribution in [0.25, 0.3) is 22.3 Å². The first-order valence-electron chi connectivity index (χ1n) is 6.16. The molecule has 3 rings (SSSR count). The van der Waals surface area contributed by atoms with Gasteiger partial charge in [0.05, 0.1) is 5.39 Å². The highest BCUT2D eigenvalue weighted by molar-refractivity contribution is 7.60. The first-order valence-corrected chi connectivity index (χ1v) is 7.77. The Bertz CT molecular complexity index is 908. The van der Waals surface area contributed by atoms with E-state index >= 15 is 0 Å². The topological polar surface area (TPSA) is 87.7 Å². The van der Waals surface area contributed by atoms with Crippen LogP contribution in [0, 0.1) is 0 Å². The Morgan fingerprint density at radius 1 is 0.905 bits per heavy atom. The van der Waals surface area contributed by atoms with Crippen molar-refractivity contribution < 1.29 is 18.8 Å². The van der Waals surface area contributed by atoms with E-state index in [-0.39, 0.29) is 11.1 Å². The maximum atomic E-state index is 12.4. The van der Waals surface area contributed by atoms with Gasteiger partial charge in [0, 0.05) is 5.56 Å². The van der Waals surface area contributed by atoms with Crippen LogP contribution in [0.15, 0.2) is 63.8 Å². The SMILES string of the molecule is O=c1c(P(=O)(O)O)c(-c2ccccc2)oc2ccccc12. The predicted octanol–water partition coefficient (Wildman–Crippen LogP) is 2.26. The van der Waals surface area contributed by atoms with Gasteiger partial charge in [0.1, 0.15) is 5.58 Å². The van der Waals surface area contributed by atoms with Crippen LogP contribution in [0.4, 0.5) is 0 Å². The van der Waals surface area contributed by atoms with E-state index in [1.54, 1.807) is 48.5 Å². The highest BCUT2D eigenvalue weighted by atomic mass is 31.2. The van der Waals surface area contributed by atoms with Gasteiger partial charge in [0.25, 0.3) is 0 Å². The molecule has 0 spiro atoms. The Hall–Kier alpha value is -2.20. The molecule has 0 fully saturated rings. The zero-order valence-electron chi connectivity index (χ0n) is 10.8. The number of para-hydroxylation sites is 1. The molecule has 21 heavy (non-hydrogen) atoms. The fraction of sp³-hybridized carbons (Fsp3) is 0. The van der Waals surface area contributed by atoms with Gasteiger partial charge in [-0.1, -0.05) is 42.5 Å². The lowest BCUT2D eigenvalue weighted by Gasteiger charge is -2.11. The molecule has 6 heteroatoms. The molecule has 1 aromatic heterocycles. The maximum Gasteiger partial charge on any atom is 0.364 e. The third-order valence-corrected chi connectivity index (χ3v) is 4.09. The van der Waals surface area contributed by atoms with E-state index in [0.29, 0.717) is 11.1 Å². The largest absolute Gasteiger partial charge is 0.455 e. The summed E-state index contributed by atoms with van der Waals surface area (Å²) in [6, 6.07) is 14.8. The molecular formula is C15H11O5P. The van der Waals surface area contributed by atoms with E-state index in [0.717, 1.165) is 0 Å². The third-order valence-electron chi connectivity index (χ3n) is 3.10. The molecule has 0 atom stereocenters. The molecule has 0 aliphatic heterocycles. The van der Waals surface area contributed by atoms with Crippen molar-refractivity contribution in [2.24, 2.45) is 0 Å². The summed E-state index contributed by atoms with van der Waals surface area (Å²) in [7, 11) is -4.77. The lowest BCUT2D eigenvalue weighted by Crippen LogP contribution is -2.26. The minimum atomic E-state index is -4.77. The summed E-state index contributed by atoms with van der Waals surface area (Å²) >= 11 is 0. The molecule has 0 radical (unpaired) electrons. The molecule has 1 heterocycles. The summed E-state index contributed by atoms with van der Waals surface area (Å²) in [6.07, 6.45) is 0. The van der Waals surface area contributed by atoms with Crippen LogP contribution < -0.4 is 10.7 Å². The van der Waals surface area contributed by atoms with Crippen molar-refractivity contribution in [2.75, 3.05) is 0 Å².